The zero-order valence-corrected chi connectivity index (χ0v) is 9.25. The Bertz CT molecular complexity index is 275. The monoisotopic (exact) mass is 240 g/mol. The number of aliphatic hydroxyl groups is 1. The second-order valence-electron chi connectivity index (χ2n) is 3.37. The molecule has 1 atom stereocenters. The van der Waals surface area contributed by atoms with Crippen molar-refractivity contribution in [1.82, 2.24) is 0 Å². The number of rotatable bonds is 5. The minimum atomic E-state index is -3.94. The molecule has 0 saturated heterocycles. The summed E-state index contributed by atoms with van der Waals surface area (Å²) >= 11 is 0. The van der Waals surface area contributed by atoms with Crippen LogP contribution in [0.3, 0.4) is 0 Å². The molecule has 0 aromatic carbocycles. The van der Waals surface area contributed by atoms with Gasteiger partial charge in [0.2, 0.25) is 0 Å². The Hall–Kier alpha value is -1.24. The van der Waals surface area contributed by atoms with Gasteiger partial charge < -0.3 is 14.6 Å². The quantitative estimate of drug-likeness (QED) is 0.708. The van der Waals surface area contributed by atoms with Crippen molar-refractivity contribution in [1.29, 1.82) is 0 Å². The van der Waals surface area contributed by atoms with Crippen LogP contribution in [0.25, 0.3) is 0 Å². The topological polar surface area (TPSA) is 72.8 Å². The summed E-state index contributed by atoms with van der Waals surface area (Å²) in [5.41, 5.74) is -2.44. The maximum absolute atomic E-state index is 13.2. The number of ether oxygens (including phenoxy) is 2. The van der Waals surface area contributed by atoms with E-state index in [9.17, 15) is 23.5 Å². The van der Waals surface area contributed by atoms with E-state index in [2.05, 4.69) is 9.47 Å². The molecular formula is C9H14F2O5. The fraction of sp³-hybridized carbons (Fsp3) is 0.778. The normalized spacial score (nSPS) is 15.1. The van der Waals surface area contributed by atoms with Crippen LogP contribution in [0.1, 0.15) is 20.3 Å². The lowest BCUT2D eigenvalue weighted by molar-refractivity contribution is -0.186. The number of methoxy groups -OCH3 is 1. The van der Waals surface area contributed by atoms with E-state index in [4.69, 9.17) is 0 Å². The van der Waals surface area contributed by atoms with Crippen molar-refractivity contribution in [3.05, 3.63) is 0 Å². The molecule has 0 aromatic heterocycles. The van der Waals surface area contributed by atoms with Crippen LogP contribution in [0.2, 0.25) is 0 Å². The van der Waals surface area contributed by atoms with Crippen LogP contribution in [-0.2, 0) is 19.1 Å². The van der Waals surface area contributed by atoms with Gasteiger partial charge in [0.25, 0.3) is 0 Å². The smallest absolute Gasteiger partial charge is 0.377 e. The highest BCUT2D eigenvalue weighted by atomic mass is 19.3. The van der Waals surface area contributed by atoms with Crippen LogP contribution < -0.4 is 0 Å². The van der Waals surface area contributed by atoms with Crippen molar-refractivity contribution in [3.8, 4) is 0 Å². The fourth-order valence-corrected chi connectivity index (χ4v) is 1.03. The molecule has 0 aliphatic carbocycles. The molecule has 0 fully saturated rings. The average Bonchev–Trinajstić information content (AvgIpc) is 2.15. The largest absolute Gasteiger partial charge is 0.467 e. The lowest BCUT2D eigenvalue weighted by Crippen LogP contribution is -2.45. The van der Waals surface area contributed by atoms with E-state index in [1.807, 2.05) is 0 Å². The van der Waals surface area contributed by atoms with Gasteiger partial charge in [0, 0.05) is 0 Å². The van der Waals surface area contributed by atoms with Crippen LogP contribution in [-0.4, -0.2) is 42.3 Å². The third kappa shape index (κ3) is 3.73. The maximum atomic E-state index is 13.2. The maximum Gasteiger partial charge on any atom is 0.377 e. The first-order chi connectivity index (χ1) is 7.17. The van der Waals surface area contributed by atoms with Crippen LogP contribution in [0.5, 0.6) is 0 Å². The van der Waals surface area contributed by atoms with Crippen molar-refractivity contribution in [2.45, 2.75) is 31.8 Å². The van der Waals surface area contributed by atoms with E-state index in [0.29, 0.717) is 0 Å². The van der Waals surface area contributed by atoms with E-state index >= 15 is 0 Å². The molecule has 0 aromatic rings. The Labute approximate surface area is 91.3 Å². The molecule has 0 saturated carbocycles. The summed E-state index contributed by atoms with van der Waals surface area (Å²) in [5.74, 6) is -6.95. The van der Waals surface area contributed by atoms with Crippen LogP contribution >= 0.6 is 0 Å². The lowest BCUT2D eigenvalue weighted by atomic mass is 9.98. The molecule has 7 heteroatoms. The Balaban J connectivity index is 4.69. The van der Waals surface area contributed by atoms with Crippen molar-refractivity contribution >= 4 is 11.9 Å². The molecule has 0 heterocycles. The van der Waals surface area contributed by atoms with E-state index < -0.39 is 29.9 Å². The second kappa shape index (κ2) is 5.20. The van der Waals surface area contributed by atoms with Gasteiger partial charge in [-0.25, -0.2) is 9.59 Å². The van der Waals surface area contributed by atoms with Crippen LogP contribution in [0.4, 0.5) is 8.78 Å². The predicted molar refractivity (Wildman–Crippen MR) is 48.8 cm³/mol. The van der Waals surface area contributed by atoms with E-state index in [1.54, 1.807) is 0 Å². The summed E-state index contributed by atoms with van der Waals surface area (Å²) in [6, 6.07) is 0. The van der Waals surface area contributed by atoms with Gasteiger partial charge in [-0.05, 0) is 13.8 Å². The molecule has 1 unspecified atom stereocenters. The SMILES string of the molecule is CCOC(=O)C(F)(F)CC(C)(O)C(=O)OC. The van der Waals surface area contributed by atoms with Gasteiger partial charge in [-0.3, -0.25) is 0 Å². The molecule has 0 amide bonds. The van der Waals surface area contributed by atoms with Crippen molar-refractivity contribution in [2.75, 3.05) is 13.7 Å². The predicted octanol–water partition coefficient (Wildman–Crippen LogP) is 0.499. The molecule has 16 heavy (non-hydrogen) atoms. The Morgan fingerprint density at radius 1 is 1.31 bits per heavy atom. The fourth-order valence-electron chi connectivity index (χ4n) is 1.03. The standard InChI is InChI=1S/C9H14F2O5/c1-4-16-7(13)9(10,11)5-8(2,14)6(12)15-3/h14H,4-5H2,1-3H3. The van der Waals surface area contributed by atoms with Gasteiger partial charge in [-0.1, -0.05) is 0 Å². The Morgan fingerprint density at radius 3 is 2.19 bits per heavy atom. The van der Waals surface area contributed by atoms with Crippen molar-refractivity contribution in [3.63, 3.8) is 0 Å². The first kappa shape index (κ1) is 14.8. The molecule has 5 nitrogen and oxygen atoms in total. The molecular weight excluding hydrogens is 226 g/mol. The zero-order valence-electron chi connectivity index (χ0n) is 9.25. The first-order valence-corrected chi connectivity index (χ1v) is 4.53. The molecule has 94 valence electrons. The van der Waals surface area contributed by atoms with Gasteiger partial charge in [0.1, 0.15) is 0 Å². The van der Waals surface area contributed by atoms with Gasteiger partial charge in [-0.15, -0.1) is 0 Å². The second-order valence-corrected chi connectivity index (χ2v) is 3.37. The Kier molecular flexibility index (Phi) is 4.80. The Morgan fingerprint density at radius 2 is 1.81 bits per heavy atom. The highest BCUT2D eigenvalue weighted by molar-refractivity contribution is 5.82. The highest BCUT2D eigenvalue weighted by Crippen LogP contribution is 2.28. The number of hydrogen-bond donors (Lipinski definition) is 1. The van der Waals surface area contributed by atoms with Gasteiger partial charge in [0.15, 0.2) is 5.60 Å². The molecule has 0 radical (unpaired) electrons. The molecule has 1 N–H and O–H groups in total. The minimum Gasteiger partial charge on any atom is -0.467 e. The zero-order chi connectivity index (χ0) is 13.0. The lowest BCUT2D eigenvalue weighted by Gasteiger charge is -2.24. The molecule has 0 bridgehead atoms. The molecule has 0 aliphatic rings. The van der Waals surface area contributed by atoms with E-state index in [-0.39, 0.29) is 6.61 Å². The summed E-state index contributed by atoms with van der Waals surface area (Å²) in [4.78, 5) is 21.8. The van der Waals surface area contributed by atoms with Crippen molar-refractivity contribution in [2.24, 2.45) is 0 Å². The number of hydrogen-bond acceptors (Lipinski definition) is 5. The number of halogens is 2. The van der Waals surface area contributed by atoms with E-state index in [0.717, 1.165) is 14.0 Å². The third-order valence-electron chi connectivity index (χ3n) is 1.77. The summed E-state index contributed by atoms with van der Waals surface area (Å²) < 4.78 is 34.5. The number of alkyl halides is 2. The molecule has 0 aliphatic heterocycles. The summed E-state index contributed by atoms with van der Waals surface area (Å²) in [5, 5.41) is 9.37. The van der Waals surface area contributed by atoms with Gasteiger partial charge in [-0.2, -0.15) is 8.78 Å². The molecule has 0 rings (SSSR count). The van der Waals surface area contributed by atoms with Gasteiger partial charge in [0.05, 0.1) is 20.1 Å². The van der Waals surface area contributed by atoms with Gasteiger partial charge >= 0.3 is 17.9 Å². The summed E-state index contributed by atoms with van der Waals surface area (Å²) in [6.07, 6.45) is -1.38. The highest BCUT2D eigenvalue weighted by Gasteiger charge is 2.49. The van der Waals surface area contributed by atoms with Crippen LogP contribution in [0.15, 0.2) is 0 Å². The van der Waals surface area contributed by atoms with Crippen LogP contribution in [0, 0.1) is 0 Å². The van der Waals surface area contributed by atoms with E-state index in [1.165, 1.54) is 6.92 Å². The number of carbonyl (C=O) groups excluding carboxylic acids is 2. The summed E-state index contributed by atoms with van der Waals surface area (Å²) in [7, 11) is 0.944. The summed E-state index contributed by atoms with van der Waals surface area (Å²) in [6.45, 7) is 1.99. The van der Waals surface area contributed by atoms with Crippen molar-refractivity contribution < 1.29 is 33.0 Å². The average molecular weight is 240 g/mol. The first-order valence-electron chi connectivity index (χ1n) is 4.53. The molecule has 0 spiro atoms. The number of esters is 2. The number of carbonyl (C=O) groups is 2. The minimum absolute atomic E-state index is 0.214. The third-order valence-corrected chi connectivity index (χ3v) is 1.77.